The third-order valence-corrected chi connectivity index (χ3v) is 2.66. The first-order valence-corrected chi connectivity index (χ1v) is 6.29. The molecule has 19 heavy (non-hydrogen) atoms. The average molecular weight is 264 g/mol. The van der Waals surface area contributed by atoms with E-state index in [0.717, 1.165) is 0 Å². The SMILES string of the molecule is CCOC(=O)c1cccc(NC(=O)C(N)C(C)C)c1. The lowest BCUT2D eigenvalue weighted by molar-refractivity contribution is -0.118. The Labute approximate surface area is 113 Å². The summed E-state index contributed by atoms with van der Waals surface area (Å²) >= 11 is 0. The quantitative estimate of drug-likeness (QED) is 0.794. The highest BCUT2D eigenvalue weighted by Crippen LogP contribution is 2.13. The normalized spacial score (nSPS) is 12.1. The second kappa shape index (κ2) is 6.89. The number of anilines is 1. The first-order valence-electron chi connectivity index (χ1n) is 6.29. The van der Waals surface area contributed by atoms with Crippen molar-refractivity contribution < 1.29 is 14.3 Å². The number of hydrogen-bond donors (Lipinski definition) is 2. The van der Waals surface area contributed by atoms with Gasteiger partial charge in [0.25, 0.3) is 0 Å². The van der Waals surface area contributed by atoms with Gasteiger partial charge in [0.15, 0.2) is 0 Å². The molecule has 3 N–H and O–H groups in total. The van der Waals surface area contributed by atoms with E-state index in [1.807, 2.05) is 13.8 Å². The average Bonchev–Trinajstić information content (AvgIpc) is 2.38. The zero-order chi connectivity index (χ0) is 14.4. The standard InChI is InChI=1S/C14H20N2O3/c1-4-19-14(18)10-6-5-7-11(8-10)16-13(17)12(15)9(2)3/h5-9,12H,4,15H2,1-3H3,(H,16,17). The minimum Gasteiger partial charge on any atom is -0.462 e. The molecule has 5 nitrogen and oxygen atoms in total. The third-order valence-electron chi connectivity index (χ3n) is 2.66. The van der Waals surface area contributed by atoms with Gasteiger partial charge in [0.05, 0.1) is 18.2 Å². The van der Waals surface area contributed by atoms with Crippen LogP contribution in [0.1, 0.15) is 31.1 Å². The molecule has 0 saturated heterocycles. The Hall–Kier alpha value is -1.88. The molecule has 0 aliphatic carbocycles. The van der Waals surface area contributed by atoms with E-state index in [-0.39, 0.29) is 11.8 Å². The minimum atomic E-state index is -0.578. The molecule has 1 aromatic rings. The summed E-state index contributed by atoms with van der Waals surface area (Å²) in [7, 11) is 0. The lowest BCUT2D eigenvalue weighted by Gasteiger charge is -2.15. The predicted molar refractivity (Wildman–Crippen MR) is 73.8 cm³/mol. The van der Waals surface area contributed by atoms with Crippen LogP contribution in [0.3, 0.4) is 0 Å². The molecule has 0 fully saturated rings. The maximum absolute atomic E-state index is 11.8. The fourth-order valence-electron chi connectivity index (χ4n) is 1.47. The van der Waals surface area contributed by atoms with E-state index < -0.39 is 12.0 Å². The number of benzene rings is 1. The number of amides is 1. The number of carbonyl (C=O) groups is 2. The van der Waals surface area contributed by atoms with Crippen LogP contribution in [0.5, 0.6) is 0 Å². The van der Waals surface area contributed by atoms with Crippen molar-refractivity contribution in [3.8, 4) is 0 Å². The van der Waals surface area contributed by atoms with Crippen molar-refractivity contribution in [2.75, 3.05) is 11.9 Å². The number of hydrogen-bond acceptors (Lipinski definition) is 4. The summed E-state index contributed by atoms with van der Waals surface area (Å²) in [5.74, 6) is -0.629. The number of esters is 1. The predicted octanol–water partition coefficient (Wildman–Crippen LogP) is 1.79. The molecule has 1 rings (SSSR count). The first-order chi connectivity index (χ1) is 8.95. The van der Waals surface area contributed by atoms with E-state index in [9.17, 15) is 9.59 Å². The van der Waals surface area contributed by atoms with Crippen molar-refractivity contribution in [2.24, 2.45) is 11.7 Å². The van der Waals surface area contributed by atoms with Crippen LogP contribution in [0.15, 0.2) is 24.3 Å². The smallest absolute Gasteiger partial charge is 0.338 e. The molecule has 0 spiro atoms. The van der Waals surface area contributed by atoms with Crippen molar-refractivity contribution in [2.45, 2.75) is 26.8 Å². The molecule has 1 unspecified atom stereocenters. The van der Waals surface area contributed by atoms with Crippen LogP contribution in [0.4, 0.5) is 5.69 Å². The Balaban J connectivity index is 2.77. The molecular formula is C14H20N2O3. The molecule has 0 bridgehead atoms. The van der Waals surface area contributed by atoms with E-state index in [2.05, 4.69) is 5.32 Å². The van der Waals surface area contributed by atoms with E-state index in [1.54, 1.807) is 31.2 Å². The molecule has 1 aromatic carbocycles. The molecular weight excluding hydrogens is 244 g/mol. The van der Waals surface area contributed by atoms with Crippen molar-refractivity contribution in [3.05, 3.63) is 29.8 Å². The molecule has 5 heteroatoms. The summed E-state index contributed by atoms with van der Waals surface area (Å²) in [5.41, 5.74) is 6.68. The molecule has 0 aliphatic rings. The van der Waals surface area contributed by atoms with Gasteiger partial charge < -0.3 is 15.8 Å². The van der Waals surface area contributed by atoms with E-state index in [1.165, 1.54) is 0 Å². The van der Waals surface area contributed by atoms with E-state index in [0.29, 0.717) is 17.9 Å². The fraction of sp³-hybridized carbons (Fsp3) is 0.429. The van der Waals surface area contributed by atoms with Crippen LogP contribution < -0.4 is 11.1 Å². The summed E-state index contributed by atoms with van der Waals surface area (Å²) in [6.07, 6.45) is 0. The van der Waals surface area contributed by atoms with Gasteiger partial charge in [-0.25, -0.2) is 4.79 Å². The van der Waals surface area contributed by atoms with Crippen molar-refractivity contribution in [1.82, 2.24) is 0 Å². The number of carbonyl (C=O) groups excluding carboxylic acids is 2. The van der Waals surface area contributed by atoms with Gasteiger partial charge in [0, 0.05) is 5.69 Å². The zero-order valence-electron chi connectivity index (χ0n) is 11.5. The summed E-state index contributed by atoms with van der Waals surface area (Å²) < 4.78 is 4.90. The lowest BCUT2D eigenvalue weighted by atomic mass is 10.0. The largest absolute Gasteiger partial charge is 0.462 e. The second-order valence-corrected chi connectivity index (χ2v) is 4.56. The highest BCUT2D eigenvalue weighted by molar-refractivity contribution is 5.96. The van der Waals surface area contributed by atoms with Gasteiger partial charge in [-0.15, -0.1) is 0 Å². The number of nitrogens with one attached hydrogen (secondary N) is 1. The second-order valence-electron chi connectivity index (χ2n) is 4.56. The summed E-state index contributed by atoms with van der Waals surface area (Å²) in [4.78, 5) is 23.4. The van der Waals surface area contributed by atoms with E-state index in [4.69, 9.17) is 10.5 Å². The molecule has 104 valence electrons. The topological polar surface area (TPSA) is 81.4 Å². The Morgan fingerprint density at radius 3 is 2.63 bits per heavy atom. The highest BCUT2D eigenvalue weighted by Gasteiger charge is 2.17. The van der Waals surface area contributed by atoms with Gasteiger partial charge >= 0.3 is 5.97 Å². The molecule has 0 heterocycles. The first kappa shape index (κ1) is 15.2. The van der Waals surface area contributed by atoms with Crippen molar-refractivity contribution in [3.63, 3.8) is 0 Å². The molecule has 0 radical (unpaired) electrons. The summed E-state index contributed by atoms with van der Waals surface area (Å²) in [5, 5.41) is 2.69. The van der Waals surface area contributed by atoms with Crippen LogP contribution in [0, 0.1) is 5.92 Å². The molecule has 0 aliphatic heterocycles. The zero-order valence-corrected chi connectivity index (χ0v) is 11.5. The van der Waals surface area contributed by atoms with Gasteiger partial charge in [0.1, 0.15) is 0 Å². The van der Waals surface area contributed by atoms with Crippen LogP contribution in [-0.2, 0) is 9.53 Å². The van der Waals surface area contributed by atoms with Gasteiger partial charge in [-0.1, -0.05) is 19.9 Å². The van der Waals surface area contributed by atoms with Crippen LogP contribution >= 0.6 is 0 Å². The highest BCUT2D eigenvalue weighted by atomic mass is 16.5. The van der Waals surface area contributed by atoms with E-state index >= 15 is 0 Å². The molecule has 1 atom stereocenters. The van der Waals surface area contributed by atoms with Crippen LogP contribution in [0.25, 0.3) is 0 Å². The maximum atomic E-state index is 11.8. The molecule has 0 aromatic heterocycles. The van der Waals surface area contributed by atoms with Crippen LogP contribution in [0.2, 0.25) is 0 Å². The number of ether oxygens (including phenoxy) is 1. The Morgan fingerprint density at radius 2 is 2.05 bits per heavy atom. The third kappa shape index (κ3) is 4.37. The van der Waals surface area contributed by atoms with Crippen LogP contribution in [-0.4, -0.2) is 24.5 Å². The Bertz CT molecular complexity index is 458. The van der Waals surface area contributed by atoms with Crippen molar-refractivity contribution >= 4 is 17.6 Å². The van der Waals surface area contributed by atoms with Gasteiger partial charge in [0.2, 0.25) is 5.91 Å². The van der Waals surface area contributed by atoms with Gasteiger partial charge in [-0.3, -0.25) is 4.79 Å². The lowest BCUT2D eigenvalue weighted by Crippen LogP contribution is -2.39. The van der Waals surface area contributed by atoms with Crippen molar-refractivity contribution in [1.29, 1.82) is 0 Å². The summed E-state index contributed by atoms with van der Waals surface area (Å²) in [6, 6.07) is 6.02. The maximum Gasteiger partial charge on any atom is 0.338 e. The number of nitrogens with two attached hydrogens (primary N) is 1. The van der Waals surface area contributed by atoms with Gasteiger partial charge in [-0.05, 0) is 31.0 Å². The molecule has 0 saturated carbocycles. The van der Waals surface area contributed by atoms with Gasteiger partial charge in [-0.2, -0.15) is 0 Å². The Morgan fingerprint density at radius 1 is 1.37 bits per heavy atom. The minimum absolute atomic E-state index is 0.0493. The number of rotatable bonds is 5. The monoisotopic (exact) mass is 264 g/mol. The summed E-state index contributed by atoms with van der Waals surface area (Å²) in [6.45, 7) is 5.80. The molecule has 1 amide bonds. The Kier molecular flexibility index (Phi) is 5.51. The fourth-order valence-corrected chi connectivity index (χ4v) is 1.47.